The van der Waals surface area contributed by atoms with Crippen LogP contribution < -0.4 is 19.7 Å². The van der Waals surface area contributed by atoms with Gasteiger partial charge in [0.05, 0.1) is 20.8 Å². The SMILES string of the molecule is COc1cc(Nc2nc3n(n2)C=CN(c2ccccc2-c2ccccc2)C3)cc(OC)c1. The number of aromatic nitrogens is 3. The van der Waals surface area contributed by atoms with Crippen molar-refractivity contribution >= 4 is 23.5 Å². The van der Waals surface area contributed by atoms with Crippen LogP contribution in [0.15, 0.2) is 79.0 Å². The number of methoxy groups -OCH3 is 2. The second-order valence-corrected chi connectivity index (χ2v) is 7.33. The highest BCUT2D eigenvalue weighted by molar-refractivity contribution is 5.79. The normalized spacial score (nSPS) is 12.4. The van der Waals surface area contributed by atoms with Crippen molar-refractivity contribution in [1.82, 2.24) is 14.8 Å². The first-order valence-electron chi connectivity index (χ1n) is 10.3. The molecule has 7 nitrogen and oxygen atoms in total. The molecule has 1 aromatic heterocycles. The number of rotatable bonds is 6. The van der Waals surface area contributed by atoms with Crippen LogP contribution in [0.2, 0.25) is 0 Å². The van der Waals surface area contributed by atoms with E-state index in [-0.39, 0.29) is 0 Å². The molecule has 0 amide bonds. The smallest absolute Gasteiger partial charge is 0.247 e. The molecule has 0 atom stereocenters. The number of fused-ring (bicyclic) bond motifs is 1. The molecule has 0 saturated carbocycles. The molecule has 2 heterocycles. The van der Waals surface area contributed by atoms with Crippen LogP contribution in [0.25, 0.3) is 17.3 Å². The molecule has 0 fully saturated rings. The van der Waals surface area contributed by atoms with Gasteiger partial charge in [0.15, 0.2) is 5.82 Å². The zero-order valence-electron chi connectivity index (χ0n) is 17.9. The fourth-order valence-corrected chi connectivity index (χ4v) is 3.74. The number of para-hydroxylation sites is 1. The van der Waals surface area contributed by atoms with Crippen LogP contribution in [0.5, 0.6) is 11.5 Å². The predicted molar refractivity (Wildman–Crippen MR) is 126 cm³/mol. The molecule has 0 saturated heterocycles. The standard InChI is InChI=1S/C25H23N5O2/c1-31-20-14-19(15-21(16-20)32-2)26-25-27-24-17-29(12-13-30(24)28-25)23-11-7-6-10-22(23)18-8-4-3-5-9-18/h3-16H,17H2,1-2H3,(H,26,28). The van der Waals surface area contributed by atoms with Crippen LogP contribution in [0, 0.1) is 0 Å². The van der Waals surface area contributed by atoms with Gasteiger partial charge in [-0.3, -0.25) is 0 Å². The summed E-state index contributed by atoms with van der Waals surface area (Å²) in [7, 11) is 3.25. The van der Waals surface area contributed by atoms with Gasteiger partial charge in [0.25, 0.3) is 0 Å². The van der Waals surface area contributed by atoms with Gasteiger partial charge < -0.3 is 19.7 Å². The highest BCUT2D eigenvalue weighted by atomic mass is 16.5. The predicted octanol–water partition coefficient (Wildman–Crippen LogP) is 5.15. The van der Waals surface area contributed by atoms with Crippen molar-refractivity contribution in [3.63, 3.8) is 0 Å². The zero-order chi connectivity index (χ0) is 21.9. The van der Waals surface area contributed by atoms with E-state index in [1.54, 1.807) is 18.9 Å². The van der Waals surface area contributed by atoms with Gasteiger partial charge in [-0.2, -0.15) is 4.98 Å². The summed E-state index contributed by atoms with van der Waals surface area (Å²) in [5.74, 6) is 2.74. The highest BCUT2D eigenvalue weighted by Gasteiger charge is 2.19. The van der Waals surface area contributed by atoms with E-state index in [4.69, 9.17) is 14.5 Å². The second kappa shape index (κ2) is 8.47. The van der Waals surface area contributed by atoms with Crippen molar-refractivity contribution in [2.24, 2.45) is 0 Å². The summed E-state index contributed by atoms with van der Waals surface area (Å²) in [6.45, 7) is 0.608. The maximum atomic E-state index is 5.34. The van der Waals surface area contributed by atoms with Gasteiger partial charge >= 0.3 is 0 Å². The van der Waals surface area contributed by atoms with Gasteiger partial charge in [-0.1, -0.05) is 48.5 Å². The van der Waals surface area contributed by atoms with Crippen LogP contribution in [0.1, 0.15) is 5.82 Å². The molecule has 3 aromatic carbocycles. The monoisotopic (exact) mass is 425 g/mol. The fraction of sp³-hybridized carbons (Fsp3) is 0.120. The first kappa shape index (κ1) is 19.7. The Labute approximate surface area is 186 Å². The lowest BCUT2D eigenvalue weighted by Gasteiger charge is -2.25. The first-order valence-corrected chi connectivity index (χ1v) is 10.3. The van der Waals surface area contributed by atoms with Gasteiger partial charge in [0.2, 0.25) is 5.95 Å². The van der Waals surface area contributed by atoms with Gasteiger partial charge in [0, 0.05) is 47.5 Å². The van der Waals surface area contributed by atoms with Crippen LogP contribution in [0.4, 0.5) is 17.3 Å². The molecule has 1 aliphatic heterocycles. The number of hydrogen-bond acceptors (Lipinski definition) is 6. The minimum Gasteiger partial charge on any atom is -0.497 e. The molecule has 0 aliphatic carbocycles. The largest absolute Gasteiger partial charge is 0.497 e. The summed E-state index contributed by atoms with van der Waals surface area (Å²) in [5, 5.41) is 7.81. The summed E-state index contributed by atoms with van der Waals surface area (Å²) >= 11 is 0. The molecule has 7 heteroatoms. The molecule has 32 heavy (non-hydrogen) atoms. The Balaban J connectivity index is 1.40. The maximum absolute atomic E-state index is 5.34. The quantitative estimate of drug-likeness (QED) is 0.461. The Morgan fingerprint density at radius 1 is 0.844 bits per heavy atom. The van der Waals surface area contributed by atoms with E-state index in [1.165, 1.54) is 11.1 Å². The Bertz CT molecular complexity index is 1240. The summed E-state index contributed by atoms with van der Waals surface area (Å²) in [6.07, 6.45) is 3.95. The summed E-state index contributed by atoms with van der Waals surface area (Å²) in [6, 6.07) is 24.3. The average molecular weight is 425 g/mol. The summed E-state index contributed by atoms with van der Waals surface area (Å²) in [4.78, 5) is 6.89. The minimum atomic E-state index is 0.512. The Morgan fingerprint density at radius 2 is 1.56 bits per heavy atom. The van der Waals surface area contributed by atoms with Crippen molar-refractivity contribution < 1.29 is 9.47 Å². The lowest BCUT2D eigenvalue weighted by atomic mass is 10.0. The molecular weight excluding hydrogens is 402 g/mol. The Morgan fingerprint density at radius 3 is 2.31 bits per heavy atom. The van der Waals surface area contributed by atoms with E-state index in [1.807, 2.05) is 36.7 Å². The van der Waals surface area contributed by atoms with E-state index in [9.17, 15) is 0 Å². The van der Waals surface area contributed by atoms with Crippen LogP contribution in [-0.4, -0.2) is 29.0 Å². The number of anilines is 3. The molecular formula is C25H23N5O2. The first-order chi connectivity index (χ1) is 15.7. The Kier molecular flexibility index (Phi) is 5.21. The summed E-state index contributed by atoms with van der Waals surface area (Å²) < 4.78 is 12.5. The van der Waals surface area contributed by atoms with Crippen molar-refractivity contribution in [2.75, 3.05) is 24.4 Å². The number of benzene rings is 3. The van der Waals surface area contributed by atoms with Gasteiger partial charge in [-0.15, -0.1) is 5.10 Å². The zero-order valence-corrected chi connectivity index (χ0v) is 17.9. The van der Waals surface area contributed by atoms with Crippen molar-refractivity contribution in [2.45, 2.75) is 6.54 Å². The molecule has 0 unspecified atom stereocenters. The molecule has 0 radical (unpaired) electrons. The van der Waals surface area contributed by atoms with E-state index in [0.29, 0.717) is 24.0 Å². The van der Waals surface area contributed by atoms with E-state index in [2.05, 4.69) is 63.8 Å². The second-order valence-electron chi connectivity index (χ2n) is 7.33. The van der Waals surface area contributed by atoms with Crippen LogP contribution >= 0.6 is 0 Å². The summed E-state index contributed by atoms with van der Waals surface area (Å²) in [5.41, 5.74) is 4.26. The average Bonchev–Trinajstić information content (AvgIpc) is 3.25. The molecule has 1 aliphatic rings. The minimum absolute atomic E-state index is 0.512. The molecule has 160 valence electrons. The van der Waals surface area contributed by atoms with Crippen molar-refractivity contribution in [3.05, 3.63) is 84.8 Å². The third-order valence-corrected chi connectivity index (χ3v) is 5.31. The topological polar surface area (TPSA) is 64.4 Å². The van der Waals surface area contributed by atoms with E-state index >= 15 is 0 Å². The molecule has 4 aromatic rings. The molecule has 0 bridgehead atoms. The van der Waals surface area contributed by atoms with Gasteiger partial charge in [-0.25, -0.2) is 4.68 Å². The molecule has 0 spiro atoms. The number of nitrogens with zero attached hydrogens (tertiary/aromatic N) is 4. The van der Waals surface area contributed by atoms with Gasteiger partial charge in [-0.05, 0) is 11.6 Å². The molecule has 5 rings (SSSR count). The maximum Gasteiger partial charge on any atom is 0.247 e. The number of nitrogens with one attached hydrogen (secondary N) is 1. The van der Waals surface area contributed by atoms with Gasteiger partial charge in [0.1, 0.15) is 11.5 Å². The van der Waals surface area contributed by atoms with Crippen LogP contribution in [0.3, 0.4) is 0 Å². The lowest BCUT2D eigenvalue weighted by Crippen LogP contribution is -2.22. The lowest BCUT2D eigenvalue weighted by molar-refractivity contribution is 0.395. The fourth-order valence-electron chi connectivity index (χ4n) is 3.74. The third-order valence-electron chi connectivity index (χ3n) is 5.31. The van der Waals surface area contributed by atoms with E-state index < -0.39 is 0 Å². The number of ether oxygens (including phenoxy) is 2. The molecule has 1 N–H and O–H groups in total. The number of hydrogen-bond donors (Lipinski definition) is 1. The Hall–Kier alpha value is -4.26. The van der Waals surface area contributed by atoms with Crippen molar-refractivity contribution in [1.29, 1.82) is 0 Å². The highest BCUT2D eigenvalue weighted by Crippen LogP contribution is 2.33. The third kappa shape index (κ3) is 3.88. The van der Waals surface area contributed by atoms with Crippen molar-refractivity contribution in [3.8, 4) is 22.6 Å². The van der Waals surface area contributed by atoms with Crippen LogP contribution in [-0.2, 0) is 6.54 Å². The van der Waals surface area contributed by atoms with E-state index in [0.717, 1.165) is 17.2 Å².